The molecular weight excluding hydrogens is 410 g/mol. The van der Waals surface area contributed by atoms with Gasteiger partial charge in [0.05, 0.1) is 25.7 Å². The lowest BCUT2D eigenvalue weighted by atomic mass is 10.0. The Morgan fingerprint density at radius 2 is 1.86 bits per heavy atom. The molecule has 1 fully saturated rings. The van der Waals surface area contributed by atoms with E-state index in [1.807, 2.05) is 6.07 Å². The first-order chi connectivity index (χ1) is 14.0. The summed E-state index contributed by atoms with van der Waals surface area (Å²) in [7, 11) is 3.13. The van der Waals surface area contributed by atoms with Crippen molar-refractivity contribution in [2.75, 3.05) is 14.2 Å². The van der Waals surface area contributed by atoms with Gasteiger partial charge in [0.15, 0.2) is 11.5 Å². The number of carbonyl (C=O) groups excluding carboxylic acids is 2. The van der Waals surface area contributed by atoms with Gasteiger partial charge < -0.3 is 9.47 Å². The summed E-state index contributed by atoms with van der Waals surface area (Å²) in [5, 5.41) is 0.301. The van der Waals surface area contributed by atoms with Crippen LogP contribution in [0.25, 0.3) is 6.08 Å². The second-order valence-corrected chi connectivity index (χ2v) is 7.73. The molecule has 1 heterocycles. The Morgan fingerprint density at radius 1 is 1.14 bits per heavy atom. The molecule has 0 saturated carbocycles. The van der Waals surface area contributed by atoms with Crippen molar-refractivity contribution in [3.63, 3.8) is 0 Å². The predicted octanol–water partition coefficient (Wildman–Crippen LogP) is 5.32. The first-order valence-electron chi connectivity index (χ1n) is 8.82. The van der Waals surface area contributed by atoms with Gasteiger partial charge in [0.1, 0.15) is 0 Å². The maximum absolute atomic E-state index is 12.8. The van der Waals surface area contributed by atoms with Crippen LogP contribution in [0.15, 0.2) is 54.0 Å². The molecule has 5 nitrogen and oxygen atoms in total. The number of ether oxygens (including phenoxy) is 2. The number of hydrogen-bond acceptors (Lipinski definition) is 5. The number of allylic oxidation sites excluding steroid dienone is 1. The average Bonchev–Trinajstić information content (AvgIpc) is 2.96. The molecule has 0 atom stereocenters. The van der Waals surface area contributed by atoms with Gasteiger partial charge in [0.2, 0.25) is 0 Å². The van der Waals surface area contributed by atoms with E-state index in [9.17, 15) is 9.59 Å². The molecule has 0 radical (unpaired) electrons. The minimum atomic E-state index is -0.324. The summed E-state index contributed by atoms with van der Waals surface area (Å²) < 4.78 is 10.9. The van der Waals surface area contributed by atoms with Gasteiger partial charge in [-0.1, -0.05) is 29.8 Å². The van der Waals surface area contributed by atoms with Crippen molar-refractivity contribution in [1.29, 1.82) is 0 Å². The number of amides is 2. The lowest BCUT2D eigenvalue weighted by molar-refractivity contribution is -0.123. The minimum Gasteiger partial charge on any atom is -0.493 e. The summed E-state index contributed by atoms with van der Waals surface area (Å²) >= 11 is 6.82. The van der Waals surface area contributed by atoms with Crippen LogP contribution in [0.5, 0.6) is 11.5 Å². The number of nitrogens with zero attached hydrogens (tertiary/aromatic N) is 1. The predicted molar refractivity (Wildman–Crippen MR) is 116 cm³/mol. The summed E-state index contributed by atoms with van der Waals surface area (Å²) in [6, 6.07) is 10.7. The van der Waals surface area contributed by atoms with Crippen molar-refractivity contribution in [1.82, 2.24) is 4.90 Å². The molecule has 0 aliphatic carbocycles. The second-order valence-electron chi connectivity index (χ2n) is 6.30. The van der Waals surface area contributed by atoms with Crippen LogP contribution in [0.1, 0.15) is 16.7 Å². The SMILES string of the molecule is C=CCc1cc(/C=C2\SC(=O)N(Cc3ccc(Cl)cc3)C2=O)cc(OC)c1OC. The zero-order valence-corrected chi connectivity index (χ0v) is 17.7. The van der Waals surface area contributed by atoms with E-state index < -0.39 is 0 Å². The molecule has 0 spiro atoms. The largest absolute Gasteiger partial charge is 0.493 e. The molecule has 0 bridgehead atoms. The third kappa shape index (κ3) is 4.66. The molecule has 0 unspecified atom stereocenters. The van der Waals surface area contributed by atoms with E-state index in [2.05, 4.69) is 6.58 Å². The standard InChI is InChI=1S/C22H20ClNO4S/c1-4-5-16-10-15(11-18(27-2)20(16)28-3)12-19-21(25)24(22(26)29-19)13-14-6-8-17(23)9-7-14/h4,6-12H,1,5,13H2,2-3H3/b19-12-. The normalized spacial score (nSPS) is 15.1. The Kier molecular flexibility index (Phi) is 6.67. The number of methoxy groups -OCH3 is 2. The van der Waals surface area contributed by atoms with Crippen LogP contribution < -0.4 is 9.47 Å². The molecule has 29 heavy (non-hydrogen) atoms. The number of hydrogen-bond donors (Lipinski definition) is 0. The van der Waals surface area contributed by atoms with Crippen molar-refractivity contribution >= 4 is 40.6 Å². The Labute approximate surface area is 178 Å². The van der Waals surface area contributed by atoms with Crippen LogP contribution in [0.3, 0.4) is 0 Å². The van der Waals surface area contributed by atoms with E-state index in [0.717, 1.165) is 28.5 Å². The number of rotatable bonds is 7. The van der Waals surface area contributed by atoms with Gasteiger partial charge in [-0.15, -0.1) is 6.58 Å². The molecule has 0 aromatic heterocycles. The maximum atomic E-state index is 12.8. The summed E-state index contributed by atoms with van der Waals surface area (Å²) in [6.07, 6.45) is 4.04. The van der Waals surface area contributed by atoms with E-state index in [1.54, 1.807) is 56.7 Å². The summed E-state index contributed by atoms with van der Waals surface area (Å²) in [6.45, 7) is 3.97. The van der Waals surface area contributed by atoms with Gasteiger partial charge in [-0.3, -0.25) is 14.5 Å². The first-order valence-corrected chi connectivity index (χ1v) is 10.0. The van der Waals surface area contributed by atoms with Crippen molar-refractivity contribution in [3.05, 3.63) is 75.7 Å². The molecule has 7 heteroatoms. The first kappa shape index (κ1) is 21.0. The van der Waals surface area contributed by atoms with Gasteiger partial charge in [-0.2, -0.15) is 0 Å². The fourth-order valence-corrected chi connectivity index (χ4v) is 3.98. The Hall–Kier alpha value is -2.70. The fourth-order valence-electron chi connectivity index (χ4n) is 3.02. The van der Waals surface area contributed by atoms with E-state index >= 15 is 0 Å². The fraction of sp³-hybridized carbons (Fsp3) is 0.182. The molecule has 0 N–H and O–H groups in total. The van der Waals surface area contributed by atoms with Crippen LogP contribution in [0.2, 0.25) is 5.02 Å². The minimum absolute atomic E-state index is 0.201. The highest BCUT2D eigenvalue weighted by Gasteiger charge is 2.35. The summed E-state index contributed by atoms with van der Waals surface area (Å²) in [4.78, 5) is 26.8. The van der Waals surface area contributed by atoms with E-state index in [1.165, 1.54) is 4.90 Å². The van der Waals surface area contributed by atoms with Gasteiger partial charge in [0.25, 0.3) is 11.1 Å². The van der Waals surface area contributed by atoms with Crippen LogP contribution in [-0.4, -0.2) is 30.3 Å². The number of halogens is 1. The van der Waals surface area contributed by atoms with Crippen LogP contribution in [-0.2, 0) is 17.8 Å². The van der Waals surface area contributed by atoms with Gasteiger partial charge in [-0.25, -0.2) is 0 Å². The van der Waals surface area contributed by atoms with Gasteiger partial charge in [0, 0.05) is 10.6 Å². The Bertz CT molecular complexity index is 985. The van der Waals surface area contributed by atoms with Crippen LogP contribution >= 0.6 is 23.4 Å². The maximum Gasteiger partial charge on any atom is 0.293 e. The highest BCUT2D eigenvalue weighted by atomic mass is 35.5. The summed E-state index contributed by atoms with van der Waals surface area (Å²) in [5.41, 5.74) is 2.46. The molecule has 1 saturated heterocycles. The van der Waals surface area contributed by atoms with Crippen LogP contribution in [0.4, 0.5) is 4.79 Å². The van der Waals surface area contributed by atoms with Gasteiger partial charge in [-0.05, 0) is 59.7 Å². The molecule has 2 aromatic carbocycles. The quantitative estimate of drug-likeness (QED) is 0.440. The smallest absolute Gasteiger partial charge is 0.293 e. The van der Waals surface area contributed by atoms with Crippen molar-refractivity contribution < 1.29 is 19.1 Å². The van der Waals surface area contributed by atoms with Crippen molar-refractivity contribution in [3.8, 4) is 11.5 Å². The van der Waals surface area contributed by atoms with Crippen molar-refractivity contribution in [2.45, 2.75) is 13.0 Å². The monoisotopic (exact) mass is 429 g/mol. The Morgan fingerprint density at radius 3 is 2.48 bits per heavy atom. The third-order valence-corrected chi connectivity index (χ3v) is 5.53. The highest BCUT2D eigenvalue weighted by Crippen LogP contribution is 2.37. The molecule has 1 aliphatic rings. The zero-order chi connectivity index (χ0) is 21.0. The van der Waals surface area contributed by atoms with E-state index in [0.29, 0.717) is 27.8 Å². The zero-order valence-electron chi connectivity index (χ0n) is 16.1. The number of carbonyl (C=O) groups is 2. The number of imide groups is 1. The van der Waals surface area contributed by atoms with E-state index in [4.69, 9.17) is 21.1 Å². The topological polar surface area (TPSA) is 55.8 Å². The van der Waals surface area contributed by atoms with E-state index in [-0.39, 0.29) is 17.7 Å². The molecular formula is C22H20ClNO4S. The second kappa shape index (κ2) is 9.20. The number of thioether (sulfide) groups is 1. The molecule has 2 amide bonds. The molecule has 3 rings (SSSR count). The number of benzene rings is 2. The Balaban J connectivity index is 1.89. The molecule has 2 aromatic rings. The summed E-state index contributed by atoms with van der Waals surface area (Å²) in [5.74, 6) is 0.855. The molecule has 150 valence electrons. The third-order valence-electron chi connectivity index (χ3n) is 4.37. The lowest BCUT2D eigenvalue weighted by Crippen LogP contribution is -2.27. The molecule has 1 aliphatic heterocycles. The van der Waals surface area contributed by atoms with Crippen LogP contribution in [0, 0.1) is 0 Å². The van der Waals surface area contributed by atoms with Gasteiger partial charge >= 0.3 is 0 Å². The van der Waals surface area contributed by atoms with Crippen molar-refractivity contribution in [2.24, 2.45) is 0 Å². The highest BCUT2D eigenvalue weighted by molar-refractivity contribution is 8.18. The lowest BCUT2D eigenvalue weighted by Gasteiger charge is -2.13. The average molecular weight is 430 g/mol.